The first-order chi connectivity index (χ1) is 10.1. The minimum atomic E-state index is -0.784. The molecule has 5 nitrogen and oxygen atoms in total. The second-order valence-electron chi connectivity index (χ2n) is 5.29. The van der Waals surface area contributed by atoms with Gasteiger partial charge in [-0.25, -0.2) is 4.98 Å². The van der Waals surface area contributed by atoms with Crippen LogP contribution in [0.25, 0.3) is 0 Å². The first-order valence-electron chi connectivity index (χ1n) is 7.10. The van der Waals surface area contributed by atoms with E-state index in [0.717, 1.165) is 11.4 Å². The Bertz CT molecular complexity index is 578. The molecule has 21 heavy (non-hydrogen) atoms. The van der Waals surface area contributed by atoms with Crippen molar-refractivity contribution >= 4 is 11.7 Å². The van der Waals surface area contributed by atoms with Gasteiger partial charge in [0.05, 0.1) is 25.0 Å². The monoisotopic (exact) mass is 287 g/mol. The molecule has 112 valence electrons. The van der Waals surface area contributed by atoms with Gasteiger partial charge in [-0.3, -0.25) is 4.79 Å². The fraction of sp³-hybridized carbons (Fsp3) is 0.375. The van der Waals surface area contributed by atoms with Crippen molar-refractivity contribution < 1.29 is 9.90 Å². The van der Waals surface area contributed by atoms with Crippen molar-refractivity contribution in [2.45, 2.75) is 32.9 Å². The van der Waals surface area contributed by atoms with Gasteiger partial charge < -0.3 is 14.6 Å². The molecule has 2 aromatic rings. The molecule has 0 atom stereocenters. The molecule has 2 rings (SSSR count). The summed E-state index contributed by atoms with van der Waals surface area (Å²) in [4.78, 5) is 17.1. The Labute approximate surface area is 124 Å². The van der Waals surface area contributed by atoms with Gasteiger partial charge in [0.2, 0.25) is 0 Å². The molecule has 0 aliphatic carbocycles. The Morgan fingerprint density at radius 1 is 1.33 bits per heavy atom. The van der Waals surface area contributed by atoms with E-state index >= 15 is 0 Å². The van der Waals surface area contributed by atoms with Crippen molar-refractivity contribution in [1.82, 2.24) is 9.55 Å². The number of rotatable bonds is 7. The third kappa shape index (κ3) is 4.08. The van der Waals surface area contributed by atoms with E-state index in [0.29, 0.717) is 19.1 Å². The molecule has 0 aliphatic heterocycles. The average molecular weight is 287 g/mol. The highest BCUT2D eigenvalue weighted by molar-refractivity contribution is 5.67. The third-order valence-corrected chi connectivity index (χ3v) is 3.37. The lowest BCUT2D eigenvalue weighted by Gasteiger charge is -2.25. The molecular weight excluding hydrogens is 266 g/mol. The van der Waals surface area contributed by atoms with Crippen molar-refractivity contribution in [1.29, 1.82) is 0 Å². The van der Waals surface area contributed by atoms with Crippen LogP contribution >= 0.6 is 0 Å². The van der Waals surface area contributed by atoms with E-state index < -0.39 is 5.97 Å². The van der Waals surface area contributed by atoms with Crippen LogP contribution < -0.4 is 4.90 Å². The Morgan fingerprint density at radius 3 is 2.67 bits per heavy atom. The topological polar surface area (TPSA) is 58.4 Å². The number of hydrogen-bond donors (Lipinski definition) is 1. The first kappa shape index (κ1) is 15.1. The van der Waals surface area contributed by atoms with Crippen LogP contribution in [0.4, 0.5) is 5.69 Å². The SMILES string of the molecule is CC(C)n1cncc1CN(CCC(=O)O)c1ccccc1. The van der Waals surface area contributed by atoms with Crippen molar-refractivity contribution in [3.63, 3.8) is 0 Å². The number of aromatic nitrogens is 2. The number of benzene rings is 1. The van der Waals surface area contributed by atoms with Crippen LogP contribution in [0.15, 0.2) is 42.9 Å². The zero-order valence-electron chi connectivity index (χ0n) is 12.4. The number of carbonyl (C=O) groups is 1. The van der Waals surface area contributed by atoms with E-state index in [1.54, 1.807) is 0 Å². The van der Waals surface area contributed by atoms with Crippen LogP contribution in [0.2, 0.25) is 0 Å². The summed E-state index contributed by atoms with van der Waals surface area (Å²) in [5.41, 5.74) is 2.11. The first-order valence-corrected chi connectivity index (χ1v) is 7.10. The Balaban J connectivity index is 2.19. The summed E-state index contributed by atoms with van der Waals surface area (Å²) in [6.07, 6.45) is 3.78. The van der Waals surface area contributed by atoms with E-state index in [1.165, 1.54) is 0 Å². The van der Waals surface area contributed by atoms with Gasteiger partial charge in [-0.1, -0.05) is 18.2 Å². The molecule has 1 heterocycles. The fourth-order valence-electron chi connectivity index (χ4n) is 2.28. The number of hydrogen-bond acceptors (Lipinski definition) is 3. The molecule has 0 radical (unpaired) electrons. The maximum atomic E-state index is 10.9. The second kappa shape index (κ2) is 6.92. The number of para-hydroxylation sites is 1. The molecular formula is C16H21N3O2. The fourth-order valence-corrected chi connectivity index (χ4v) is 2.28. The number of nitrogens with zero attached hydrogens (tertiary/aromatic N) is 3. The molecule has 1 N–H and O–H groups in total. The Kier molecular flexibility index (Phi) is 4.98. The molecule has 1 aromatic carbocycles. The van der Waals surface area contributed by atoms with Gasteiger partial charge in [0.15, 0.2) is 0 Å². The van der Waals surface area contributed by atoms with Crippen molar-refractivity contribution in [2.75, 3.05) is 11.4 Å². The van der Waals surface area contributed by atoms with Gasteiger partial charge in [-0.05, 0) is 26.0 Å². The van der Waals surface area contributed by atoms with Crippen molar-refractivity contribution in [3.05, 3.63) is 48.5 Å². The quantitative estimate of drug-likeness (QED) is 0.850. The molecule has 0 aliphatic rings. The van der Waals surface area contributed by atoms with Crippen LogP contribution in [0.1, 0.15) is 32.0 Å². The Hall–Kier alpha value is -2.30. The van der Waals surface area contributed by atoms with Gasteiger partial charge in [0.1, 0.15) is 0 Å². The van der Waals surface area contributed by atoms with E-state index in [-0.39, 0.29) is 6.42 Å². The number of aliphatic carboxylic acids is 1. The molecule has 0 amide bonds. The maximum absolute atomic E-state index is 10.9. The van der Waals surface area contributed by atoms with E-state index in [2.05, 4.69) is 28.3 Å². The van der Waals surface area contributed by atoms with Crippen LogP contribution in [-0.2, 0) is 11.3 Å². The molecule has 0 saturated carbocycles. The molecule has 0 fully saturated rings. The van der Waals surface area contributed by atoms with E-state index in [9.17, 15) is 4.79 Å². The minimum absolute atomic E-state index is 0.116. The van der Waals surface area contributed by atoms with E-state index in [4.69, 9.17) is 5.11 Å². The normalized spacial score (nSPS) is 10.8. The summed E-state index contributed by atoms with van der Waals surface area (Å²) >= 11 is 0. The van der Waals surface area contributed by atoms with Gasteiger partial charge in [-0.2, -0.15) is 0 Å². The minimum Gasteiger partial charge on any atom is -0.481 e. The van der Waals surface area contributed by atoms with Crippen molar-refractivity contribution in [2.24, 2.45) is 0 Å². The molecule has 0 unspecified atom stereocenters. The largest absolute Gasteiger partial charge is 0.481 e. The highest BCUT2D eigenvalue weighted by Gasteiger charge is 2.13. The van der Waals surface area contributed by atoms with Gasteiger partial charge in [-0.15, -0.1) is 0 Å². The van der Waals surface area contributed by atoms with Crippen LogP contribution in [0.3, 0.4) is 0 Å². The lowest BCUT2D eigenvalue weighted by molar-refractivity contribution is -0.136. The Morgan fingerprint density at radius 2 is 2.05 bits per heavy atom. The number of imidazole rings is 1. The van der Waals surface area contributed by atoms with Crippen LogP contribution in [-0.4, -0.2) is 27.2 Å². The number of carboxylic acid groups (broad SMARTS) is 1. The maximum Gasteiger partial charge on any atom is 0.305 e. The second-order valence-corrected chi connectivity index (χ2v) is 5.29. The lowest BCUT2D eigenvalue weighted by Crippen LogP contribution is -2.27. The molecule has 0 spiro atoms. The van der Waals surface area contributed by atoms with Gasteiger partial charge >= 0.3 is 5.97 Å². The average Bonchev–Trinajstić information content (AvgIpc) is 2.92. The number of carboxylic acids is 1. The molecule has 0 saturated heterocycles. The standard InChI is InChI=1S/C16H21N3O2/c1-13(2)19-12-17-10-15(19)11-18(9-8-16(20)21)14-6-4-3-5-7-14/h3-7,10,12-13H,8-9,11H2,1-2H3,(H,20,21). The van der Waals surface area contributed by atoms with Gasteiger partial charge in [0.25, 0.3) is 0 Å². The third-order valence-electron chi connectivity index (χ3n) is 3.37. The lowest BCUT2D eigenvalue weighted by atomic mass is 10.2. The molecule has 5 heteroatoms. The predicted molar refractivity (Wildman–Crippen MR) is 82.4 cm³/mol. The van der Waals surface area contributed by atoms with Crippen molar-refractivity contribution in [3.8, 4) is 0 Å². The zero-order valence-corrected chi connectivity index (χ0v) is 12.4. The van der Waals surface area contributed by atoms with E-state index in [1.807, 2.05) is 42.9 Å². The highest BCUT2D eigenvalue weighted by Crippen LogP contribution is 2.18. The summed E-state index contributed by atoms with van der Waals surface area (Å²) in [5, 5.41) is 8.93. The smallest absolute Gasteiger partial charge is 0.305 e. The summed E-state index contributed by atoms with van der Waals surface area (Å²) in [6.45, 7) is 5.34. The molecule has 0 bridgehead atoms. The summed E-state index contributed by atoms with van der Waals surface area (Å²) in [6, 6.07) is 10.2. The van der Waals surface area contributed by atoms with Crippen LogP contribution in [0.5, 0.6) is 0 Å². The number of anilines is 1. The van der Waals surface area contributed by atoms with Gasteiger partial charge in [0, 0.05) is 24.5 Å². The molecule has 1 aromatic heterocycles. The predicted octanol–water partition coefficient (Wildman–Crippen LogP) is 2.95. The summed E-state index contributed by atoms with van der Waals surface area (Å²) < 4.78 is 2.11. The summed E-state index contributed by atoms with van der Waals surface area (Å²) in [5.74, 6) is -0.784. The summed E-state index contributed by atoms with van der Waals surface area (Å²) in [7, 11) is 0. The van der Waals surface area contributed by atoms with Crippen LogP contribution in [0, 0.1) is 0 Å². The zero-order chi connectivity index (χ0) is 15.2. The highest BCUT2D eigenvalue weighted by atomic mass is 16.4.